The van der Waals surface area contributed by atoms with Gasteiger partial charge in [-0.1, -0.05) is 13.8 Å². The van der Waals surface area contributed by atoms with Gasteiger partial charge in [-0.3, -0.25) is 24.5 Å². The molecule has 0 saturated carbocycles. The molecular formula is C18H19N3O5. The summed E-state index contributed by atoms with van der Waals surface area (Å²) in [6, 6.07) is 5.39. The molecule has 2 N–H and O–H groups in total. The van der Waals surface area contributed by atoms with Gasteiger partial charge in [0.25, 0.3) is 5.69 Å². The zero-order chi connectivity index (χ0) is 19.1. The molecule has 0 fully saturated rings. The summed E-state index contributed by atoms with van der Waals surface area (Å²) in [5.74, 6) is -1.73. The van der Waals surface area contributed by atoms with Gasteiger partial charge < -0.3 is 10.6 Å². The van der Waals surface area contributed by atoms with Crippen LogP contribution in [0, 0.1) is 21.4 Å². The molecular weight excluding hydrogens is 338 g/mol. The van der Waals surface area contributed by atoms with E-state index in [2.05, 4.69) is 10.6 Å². The van der Waals surface area contributed by atoms with Gasteiger partial charge in [-0.05, 0) is 24.0 Å². The zero-order valence-electron chi connectivity index (χ0n) is 14.5. The molecule has 1 aliphatic carbocycles. The van der Waals surface area contributed by atoms with E-state index in [9.17, 15) is 24.5 Å². The summed E-state index contributed by atoms with van der Waals surface area (Å²) in [6.07, 6.45) is 0.758. The van der Waals surface area contributed by atoms with E-state index < -0.39 is 16.7 Å². The van der Waals surface area contributed by atoms with Crippen molar-refractivity contribution in [2.75, 3.05) is 5.32 Å². The van der Waals surface area contributed by atoms with Gasteiger partial charge in [-0.15, -0.1) is 0 Å². The van der Waals surface area contributed by atoms with E-state index in [-0.39, 0.29) is 29.2 Å². The summed E-state index contributed by atoms with van der Waals surface area (Å²) in [5, 5.41) is 16.1. The van der Waals surface area contributed by atoms with Crippen molar-refractivity contribution in [3.8, 4) is 0 Å². The highest BCUT2D eigenvalue weighted by Crippen LogP contribution is 2.40. The normalized spacial score (nSPS) is 21.7. The van der Waals surface area contributed by atoms with Crippen LogP contribution in [-0.4, -0.2) is 22.5 Å². The van der Waals surface area contributed by atoms with Crippen molar-refractivity contribution < 1.29 is 19.3 Å². The third kappa shape index (κ3) is 3.49. The van der Waals surface area contributed by atoms with Crippen LogP contribution in [0.15, 0.2) is 35.5 Å². The molecule has 1 heterocycles. The van der Waals surface area contributed by atoms with E-state index in [0.29, 0.717) is 29.8 Å². The van der Waals surface area contributed by atoms with E-state index in [1.54, 1.807) is 0 Å². The maximum atomic E-state index is 12.7. The van der Waals surface area contributed by atoms with E-state index in [0.717, 1.165) is 0 Å². The van der Waals surface area contributed by atoms with Crippen LogP contribution >= 0.6 is 0 Å². The number of allylic oxidation sites excluding steroid dienone is 1. The number of ketones is 1. The lowest BCUT2D eigenvalue weighted by Crippen LogP contribution is -2.44. The quantitative estimate of drug-likeness (QED) is 0.636. The number of carbonyl (C=O) groups excluding carboxylic acids is 3. The second-order valence-electron chi connectivity index (χ2n) is 7.43. The van der Waals surface area contributed by atoms with Gasteiger partial charge in [0, 0.05) is 41.9 Å². The number of non-ortho nitro benzene ring substituents is 1. The highest BCUT2D eigenvalue weighted by Gasteiger charge is 2.42. The van der Waals surface area contributed by atoms with E-state index in [1.807, 2.05) is 13.8 Å². The van der Waals surface area contributed by atoms with Gasteiger partial charge in [-0.2, -0.15) is 0 Å². The smallest absolute Gasteiger partial charge is 0.269 e. The summed E-state index contributed by atoms with van der Waals surface area (Å²) in [5.41, 5.74) is 0.932. The Morgan fingerprint density at radius 3 is 2.50 bits per heavy atom. The van der Waals surface area contributed by atoms with Crippen molar-refractivity contribution in [1.82, 2.24) is 5.32 Å². The summed E-state index contributed by atoms with van der Waals surface area (Å²) in [4.78, 5) is 47.4. The molecule has 8 heteroatoms. The van der Waals surface area contributed by atoms with Crippen molar-refractivity contribution >= 4 is 29.0 Å². The minimum atomic E-state index is -0.849. The molecule has 0 spiro atoms. The number of nitro groups is 1. The fourth-order valence-corrected chi connectivity index (χ4v) is 3.48. The van der Waals surface area contributed by atoms with Crippen molar-refractivity contribution in [3.63, 3.8) is 0 Å². The van der Waals surface area contributed by atoms with Crippen molar-refractivity contribution in [1.29, 1.82) is 0 Å². The summed E-state index contributed by atoms with van der Waals surface area (Å²) in [6.45, 7) is 3.89. The molecule has 26 heavy (non-hydrogen) atoms. The number of hydrogen-bond acceptors (Lipinski definition) is 5. The Kier molecular flexibility index (Phi) is 4.35. The number of Topliss-reactive ketones (excluding diaryl/α,β-unsaturated/α-hetero) is 1. The second kappa shape index (κ2) is 6.36. The number of anilines is 1. The Balaban J connectivity index is 1.85. The Labute approximate surface area is 149 Å². The Bertz CT molecular complexity index is 839. The summed E-state index contributed by atoms with van der Waals surface area (Å²) >= 11 is 0. The number of nitrogens with one attached hydrogen (secondary N) is 2. The predicted molar refractivity (Wildman–Crippen MR) is 93.0 cm³/mol. The van der Waals surface area contributed by atoms with Crippen LogP contribution in [0.25, 0.3) is 0 Å². The van der Waals surface area contributed by atoms with Crippen LogP contribution in [0.4, 0.5) is 11.4 Å². The molecule has 1 unspecified atom stereocenters. The highest BCUT2D eigenvalue weighted by atomic mass is 16.6. The maximum absolute atomic E-state index is 12.7. The van der Waals surface area contributed by atoms with Crippen LogP contribution in [0.5, 0.6) is 0 Å². The van der Waals surface area contributed by atoms with Crippen LogP contribution in [-0.2, 0) is 14.4 Å². The first-order valence-corrected chi connectivity index (χ1v) is 8.28. The standard InChI is InChI=1S/C18H19N3O5/c1-18(2)8-13-16(14(22)9-18)12(7-15(23)20-13)17(24)19-10-3-5-11(6-4-10)21(25)26/h3-6,12H,7-9H2,1-2H3,(H,19,24)(H,20,23). The second-order valence-corrected chi connectivity index (χ2v) is 7.43. The Morgan fingerprint density at radius 2 is 1.88 bits per heavy atom. The minimum Gasteiger partial charge on any atom is -0.329 e. The number of nitro benzene ring substituents is 1. The molecule has 1 aromatic carbocycles. The first-order valence-electron chi connectivity index (χ1n) is 8.28. The number of carbonyl (C=O) groups is 3. The number of hydrogen-bond donors (Lipinski definition) is 2. The first-order chi connectivity index (χ1) is 12.2. The average Bonchev–Trinajstić information content (AvgIpc) is 2.52. The fraction of sp³-hybridized carbons (Fsp3) is 0.389. The predicted octanol–water partition coefficient (Wildman–Crippen LogP) is 2.31. The topological polar surface area (TPSA) is 118 Å². The lowest BCUT2D eigenvalue weighted by Gasteiger charge is -2.37. The SMILES string of the molecule is CC1(C)CC(=O)C2=C(C1)NC(=O)CC2C(=O)Nc1ccc([N+](=O)[O-])cc1. The monoisotopic (exact) mass is 357 g/mol. The molecule has 3 rings (SSSR count). The van der Waals surface area contributed by atoms with Crippen molar-refractivity contribution in [2.24, 2.45) is 11.3 Å². The van der Waals surface area contributed by atoms with E-state index in [1.165, 1.54) is 24.3 Å². The molecule has 0 bridgehead atoms. The molecule has 0 radical (unpaired) electrons. The summed E-state index contributed by atoms with van der Waals surface area (Å²) in [7, 11) is 0. The van der Waals surface area contributed by atoms with E-state index in [4.69, 9.17) is 0 Å². The molecule has 2 amide bonds. The molecule has 1 aromatic rings. The number of amides is 2. The molecule has 2 aliphatic rings. The van der Waals surface area contributed by atoms with Crippen LogP contribution in [0.2, 0.25) is 0 Å². The minimum absolute atomic E-state index is 0.0882. The Morgan fingerprint density at radius 1 is 1.23 bits per heavy atom. The third-order valence-corrected chi connectivity index (χ3v) is 4.61. The molecule has 1 aliphatic heterocycles. The third-order valence-electron chi connectivity index (χ3n) is 4.61. The van der Waals surface area contributed by atoms with Crippen LogP contribution < -0.4 is 10.6 Å². The van der Waals surface area contributed by atoms with Crippen molar-refractivity contribution in [3.05, 3.63) is 45.6 Å². The molecule has 136 valence electrons. The van der Waals surface area contributed by atoms with Gasteiger partial charge in [0.15, 0.2) is 5.78 Å². The summed E-state index contributed by atoms with van der Waals surface area (Å²) < 4.78 is 0. The molecule has 0 aromatic heterocycles. The van der Waals surface area contributed by atoms with Gasteiger partial charge in [0.2, 0.25) is 11.8 Å². The largest absolute Gasteiger partial charge is 0.329 e. The van der Waals surface area contributed by atoms with Crippen LogP contribution in [0.3, 0.4) is 0 Å². The number of benzene rings is 1. The Hall–Kier alpha value is -3.03. The van der Waals surface area contributed by atoms with E-state index >= 15 is 0 Å². The number of rotatable bonds is 3. The van der Waals surface area contributed by atoms with Crippen LogP contribution in [0.1, 0.15) is 33.1 Å². The molecule has 8 nitrogen and oxygen atoms in total. The lowest BCUT2D eigenvalue weighted by atomic mass is 9.71. The van der Waals surface area contributed by atoms with Crippen molar-refractivity contribution in [2.45, 2.75) is 33.1 Å². The average molecular weight is 357 g/mol. The van der Waals surface area contributed by atoms with Gasteiger partial charge >= 0.3 is 0 Å². The molecule has 1 atom stereocenters. The number of nitrogens with zero attached hydrogens (tertiary/aromatic N) is 1. The highest BCUT2D eigenvalue weighted by molar-refractivity contribution is 6.09. The maximum Gasteiger partial charge on any atom is 0.269 e. The first kappa shape index (κ1) is 17.8. The zero-order valence-corrected chi connectivity index (χ0v) is 14.5. The molecule has 0 saturated heterocycles. The van der Waals surface area contributed by atoms with Gasteiger partial charge in [0.05, 0.1) is 10.8 Å². The van der Waals surface area contributed by atoms with Gasteiger partial charge in [-0.25, -0.2) is 0 Å². The fourth-order valence-electron chi connectivity index (χ4n) is 3.48. The lowest BCUT2D eigenvalue weighted by molar-refractivity contribution is -0.384. The van der Waals surface area contributed by atoms with Gasteiger partial charge in [0.1, 0.15) is 0 Å².